The van der Waals surface area contributed by atoms with E-state index in [4.69, 9.17) is 4.74 Å². The van der Waals surface area contributed by atoms with E-state index in [1.807, 2.05) is 31.4 Å². The van der Waals surface area contributed by atoms with Gasteiger partial charge in [-0.15, -0.1) is 0 Å². The number of benzene rings is 1. The van der Waals surface area contributed by atoms with E-state index in [-0.39, 0.29) is 11.8 Å². The highest BCUT2D eigenvalue weighted by Crippen LogP contribution is 2.32. The summed E-state index contributed by atoms with van der Waals surface area (Å²) in [6.45, 7) is 9.27. The van der Waals surface area contributed by atoms with Gasteiger partial charge in [0.1, 0.15) is 5.60 Å². The molecule has 2 aromatic rings. The van der Waals surface area contributed by atoms with Crippen molar-refractivity contribution in [2.24, 2.45) is 0 Å². The number of ether oxygens (including phenoxy) is 1. The number of anilines is 1. The third-order valence-corrected chi connectivity index (χ3v) is 5.10. The Bertz CT molecular complexity index is 898. The van der Waals surface area contributed by atoms with Crippen LogP contribution in [0.15, 0.2) is 16.9 Å². The fourth-order valence-electron chi connectivity index (χ4n) is 3.95. The van der Waals surface area contributed by atoms with E-state index < -0.39 is 5.60 Å². The molecule has 2 aliphatic rings. The van der Waals surface area contributed by atoms with Gasteiger partial charge in [0.15, 0.2) is 0 Å². The molecule has 0 aliphatic carbocycles. The molecule has 1 saturated heterocycles. The largest absolute Gasteiger partial charge is 0.444 e. The molecule has 0 spiro atoms. The summed E-state index contributed by atoms with van der Waals surface area (Å²) in [5, 5.41) is 0. The molecule has 1 aromatic heterocycles. The van der Waals surface area contributed by atoms with Crippen molar-refractivity contribution in [3.05, 3.63) is 28.2 Å². The van der Waals surface area contributed by atoms with Gasteiger partial charge in [-0.1, -0.05) is 0 Å². The van der Waals surface area contributed by atoms with Crippen molar-refractivity contribution in [1.82, 2.24) is 14.5 Å². The van der Waals surface area contributed by atoms with Gasteiger partial charge in [-0.05, 0) is 45.7 Å². The molecule has 0 atom stereocenters. The molecule has 140 valence electrons. The predicted molar refractivity (Wildman–Crippen MR) is 101 cm³/mol. The number of aromatic amines is 1. The van der Waals surface area contributed by atoms with Gasteiger partial charge in [0, 0.05) is 44.0 Å². The maximum absolute atomic E-state index is 12.3. The van der Waals surface area contributed by atoms with Crippen LogP contribution >= 0.6 is 0 Å². The van der Waals surface area contributed by atoms with Gasteiger partial charge < -0.3 is 19.5 Å². The molecular weight excluding hydrogens is 332 g/mol. The Kier molecular flexibility index (Phi) is 3.97. The third-order valence-electron chi connectivity index (χ3n) is 5.10. The van der Waals surface area contributed by atoms with Crippen LogP contribution < -0.4 is 10.6 Å². The summed E-state index contributed by atoms with van der Waals surface area (Å²) in [6, 6.07) is 4.10. The number of carbonyl (C=O) groups excluding carboxylic acids is 1. The normalized spacial score (nSPS) is 17.7. The Labute approximate surface area is 152 Å². The second kappa shape index (κ2) is 6.07. The van der Waals surface area contributed by atoms with Crippen LogP contribution in [0.4, 0.5) is 10.5 Å². The Morgan fingerprint density at radius 3 is 2.54 bits per heavy atom. The minimum Gasteiger partial charge on any atom is -0.444 e. The van der Waals surface area contributed by atoms with E-state index in [9.17, 15) is 9.59 Å². The standard InChI is InChI=1S/C19H26N4O3/c1-19(2,3)26-18(25)22-11-9-21(10-12-22)15-7-6-14-16-13(15)5-4-8-23(16)17(24)20-14/h6-7H,4-5,8-12H2,1-3H3,(H,20,24). The summed E-state index contributed by atoms with van der Waals surface area (Å²) in [5.41, 5.74) is 3.91. The van der Waals surface area contributed by atoms with Crippen LogP contribution in [0.1, 0.15) is 32.8 Å². The van der Waals surface area contributed by atoms with Crippen molar-refractivity contribution < 1.29 is 9.53 Å². The van der Waals surface area contributed by atoms with Gasteiger partial charge in [0.05, 0.1) is 11.0 Å². The lowest BCUT2D eigenvalue weighted by Crippen LogP contribution is -2.50. The quantitative estimate of drug-likeness (QED) is 0.849. The number of hydrogen-bond donors (Lipinski definition) is 1. The number of nitrogens with zero attached hydrogens (tertiary/aromatic N) is 3. The SMILES string of the molecule is CC(C)(C)OC(=O)N1CCN(c2ccc3[nH]c(=O)n4c3c2CCC4)CC1. The molecule has 1 aromatic carbocycles. The maximum atomic E-state index is 12.3. The highest BCUT2D eigenvalue weighted by molar-refractivity contribution is 5.85. The number of imidazole rings is 1. The van der Waals surface area contributed by atoms with E-state index in [1.54, 1.807) is 4.90 Å². The van der Waals surface area contributed by atoms with Crippen LogP contribution in [-0.2, 0) is 17.7 Å². The number of amides is 1. The molecule has 0 saturated carbocycles. The molecule has 1 amide bonds. The van der Waals surface area contributed by atoms with E-state index >= 15 is 0 Å². The van der Waals surface area contributed by atoms with Crippen molar-refractivity contribution in [2.75, 3.05) is 31.1 Å². The van der Waals surface area contributed by atoms with Gasteiger partial charge in [-0.25, -0.2) is 9.59 Å². The van der Waals surface area contributed by atoms with E-state index in [0.29, 0.717) is 13.1 Å². The minimum absolute atomic E-state index is 0.0205. The minimum atomic E-state index is -0.471. The number of H-pyrrole nitrogens is 1. The lowest BCUT2D eigenvalue weighted by molar-refractivity contribution is 0.0240. The number of aromatic nitrogens is 2. The second-order valence-corrected chi connectivity index (χ2v) is 8.10. The van der Waals surface area contributed by atoms with Crippen LogP contribution in [0.3, 0.4) is 0 Å². The monoisotopic (exact) mass is 358 g/mol. The predicted octanol–water partition coefficient (Wildman–Crippen LogP) is 2.33. The molecule has 7 nitrogen and oxygen atoms in total. The molecule has 4 rings (SSSR count). The van der Waals surface area contributed by atoms with E-state index in [2.05, 4.69) is 16.0 Å². The molecule has 3 heterocycles. The van der Waals surface area contributed by atoms with Crippen molar-refractivity contribution in [3.8, 4) is 0 Å². The topological polar surface area (TPSA) is 70.6 Å². The Morgan fingerprint density at radius 1 is 1.12 bits per heavy atom. The number of nitrogens with one attached hydrogen (secondary N) is 1. The zero-order valence-electron chi connectivity index (χ0n) is 15.7. The number of aryl methyl sites for hydroxylation is 2. The van der Waals surface area contributed by atoms with Crippen LogP contribution in [0.2, 0.25) is 0 Å². The lowest BCUT2D eigenvalue weighted by Gasteiger charge is -2.38. The van der Waals surface area contributed by atoms with Crippen LogP contribution in [0, 0.1) is 0 Å². The second-order valence-electron chi connectivity index (χ2n) is 8.10. The molecule has 1 N–H and O–H groups in total. The molecule has 2 aliphatic heterocycles. The molecule has 0 bridgehead atoms. The molecule has 0 radical (unpaired) electrons. The first kappa shape index (κ1) is 17.0. The maximum Gasteiger partial charge on any atom is 0.410 e. The number of piperazine rings is 1. The van der Waals surface area contributed by atoms with E-state index in [1.165, 1.54) is 11.3 Å². The van der Waals surface area contributed by atoms with E-state index in [0.717, 1.165) is 43.5 Å². The highest BCUT2D eigenvalue weighted by Gasteiger charge is 2.28. The summed E-state index contributed by atoms with van der Waals surface area (Å²) < 4.78 is 7.33. The highest BCUT2D eigenvalue weighted by atomic mass is 16.6. The third kappa shape index (κ3) is 2.95. The molecule has 0 unspecified atom stereocenters. The summed E-state index contributed by atoms with van der Waals surface area (Å²) in [6.07, 6.45) is 1.72. The van der Waals surface area contributed by atoms with Crippen molar-refractivity contribution in [3.63, 3.8) is 0 Å². The first-order chi connectivity index (χ1) is 12.3. The van der Waals surface area contributed by atoms with Crippen LogP contribution in [0.25, 0.3) is 11.0 Å². The number of hydrogen-bond acceptors (Lipinski definition) is 4. The van der Waals surface area contributed by atoms with Crippen molar-refractivity contribution >= 4 is 22.8 Å². The smallest absolute Gasteiger partial charge is 0.410 e. The zero-order chi connectivity index (χ0) is 18.5. The first-order valence-corrected chi connectivity index (χ1v) is 9.31. The van der Waals surface area contributed by atoms with Crippen molar-refractivity contribution in [2.45, 2.75) is 45.8 Å². The molecule has 7 heteroatoms. The van der Waals surface area contributed by atoms with Crippen molar-refractivity contribution in [1.29, 1.82) is 0 Å². The average Bonchev–Trinajstić information content (AvgIpc) is 2.92. The first-order valence-electron chi connectivity index (χ1n) is 9.31. The number of rotatable bonds is 1. The van der Waals surface area contributed by atoms with Gasteiger partial charge in [0.2, 0.25) is 0 Å². The fourth-order valence-corrected chi connectivity index (χ4v) is 3.95. The lowest BCUT2D eigenvalue weighted by atomic mass is 10.0. The van der Waals surface area contributed by atoms with Gasteiger partial charge in [-0.3, -0.25) is 4.57 Å². The molecule has 26 heavy (non-hydrogen) atoms. The Morgan fingerprint density at radius 2 is 1.85 bits per heavy atom. The zero-order valence-corrected chi connectivity index (χ0v) is 15.7. The molecule has 1 fully saturated rings. The summed E-state index contributed by atoms with van der Waals surface area (Å²) in [5.74, 6) is 0. The van der Waals surface area contributed by atoms with Crippen LogP contribution in [0.5, 0.6) is 0 Å². The molecular formula is C19H26N4O3. The number of carbonyl (C=O) groups is 1. The fraction of sp³-hybridized carbons (Fsp3) is 0.579. The Balaban J connectivity index is 1.55. The average molecular weight is 358 g/mol. The van der Waals surface area contributed by atoms with Gasteiger partial charge >= 0.3 is 11.8 Å². The summed E-state index contributed by atoms with van der Waals surface area (Å²) >= 11 is 0. The van der Waals surface area contributed by atoms with Crippen LogP contribution in [-0.4, -0.2) is 52.3 Å². The summed E-state index contributed by atoms with van der Waals surface area (Å²) in [4.78, 5) is 31.4. The van der Waals surface area contributed by atoms with Gasteiger partial charge in [-0.2, -0.15) is 0 Å². The van der Waals surface area contributed by atoms with Gasteiger partial charge in [0.25, 0.3) is 0 Å². The Hall–Kier alpha value is -2.44. The summed E-state index contributed by atoms with van der Waals surface area (Å²) in [7, 11) is 0.